The average molecular weight is 654 g/mol. The highest BCUT2D eigenvalue weighted by atomic mass is 35.5. The van der Waals surface area contributed by atoms with Crippen LogP contribution in [0.25, 0.3) is 0 Å². The molecule has 0 radical (unpaired) electrons. The van der Waals surface area contributed by atoms with E-state index in [1.807, 2.05) is 6.92 Å². The number of piperazine rings is 1. The maximum absolute atomic E-state index is 15.3. The zero-order chi connectivity index (χ0) is 32.1. The summed E-state index contributed by atoms with van der Waals surface area (Å²) in [5, 5.41) is 6.48. The number of nitrogens with one attached hydrogen (secondary N) is 2. The monoisotopic (exact) mass is 653 g/mol. The highest BCUT2D eigenvalue weighted by Crippen LogP contribution is 2.31. The lowest BCUT2D eigenvalue weighted by molar-refractivity contribution is -0.117. The van der Waals surface area contributed by atoms with Crippen molar-refractivity contribution in [2.75, 3.05) is 18.4 Å². The van der Waals surface area contributed by atoms with E-state index in [4.69, 9.17) is 17.3 Å². The van der Waals surface area contributed by atoms with Crippen LogP contribution < -0.4 is 16.4 Å². The molecule has 8 nitrogen and oxygen atoms in total. The Hall–Kier alpha value is -3.74. The van der Waals surface area contributed by atoms with Gasteiger partial charge in [-0.1, -0.05) is 54.1 Å². The molecule has 1 aliphatic heterocycles. The van der Waals surface area contributed by atoms with Gasteiger partial charge in [-0.2, -0.15) is 4.31 Å². The highest BCUT2D eigenvalue weighted by molar-refractivity contribution is 7.89. The standard InChI is InChI=1S/C33H34ClF2N5O3S/c1-21-17-38-18-26(41(21)45(43,44)27-8-3-2-4-9-27)14-15-28-29(36)19-39-20-30(28)40-33(42)32(37)31(22-10-12-24(34)13-11-22)23-6-5-7-25(35)16-23/h2-13,16,19-21,26,31-32,38H,14-15,17-18,37H2,1H3,(H,40,42)/t21-,26-,31-,32-/m0/s1. The molecule has 236 valence electrons. The number of amides is 1. The molecule has 3 aromatic carbocycles. The van der Waals surface area contributed by atoms with Crippen molar-refractivity contribution in [1.29, 1.82) is 0 Å². The molecular weight excluding hydrogens is 620 g/mol. The molecule has 0 bridgehead atoms. The Morgan fingerprint density at radius 3 is 2.49 bits per heavy atom. The van der Waals surface area contributed by atoms with Gasteiger partial charge in [-0.15, -0.1) is 0 Å². The Balaban J connectivity index is 1.38. The molecule has 1 saturated heterocycles. The molecule has 0 saturated carbocycles. The Morgan fingerprint density at radius 1 is 1.04 bits per heavy atom. The number of sulfonamides is 1. The molecular formula is C33H34ClF2N5O3S. The summed E-state index contributed by atoms with van der Waals surface area (Å²) in [6, 6.07) is 18.8. The normalized spacial score (nSPS) is 18.7. The number of hydrogen-bond donors (Lipinski definition) is 3. The molecule has 1 aromatic heterocycles. The molecule has 4 aromatic rings. The van der Waals surface area contributed by atoms with Crippen LogP contribution in [0.1, 0.15) is 36.0 Å². The van der Waals surface area contributed by atoms with Gasteiger partial charge in [0.05, 0.1) is 29.0 Å². The van der Waals surface area contributed by atoms with Crippen molar-refractivity contribution >= 4 is 33.2 Å². The fourth-order valence-electron chi connectivity index (χ4n) is 5.85. The summed E-state index contributed by atoms with van der Waals surface area (Å²) in [7, 11) is -3.82. The zero-order valence-corrected chi connectivity index (χ0v) is 26.1. The van der Waals surface area contributed by atoms with Crippen molar-refractivity contribution in [2.45, 2.75) is 48.7 Å². The summed E-state index contributed by atoms with van der Waals surface area (Å²) < 4.78 is 58.2. The number of pyridine rings is 1. The van der Waals surface area contributed by atoms with Gasteiger partial charge in [-0.25, -0.2) is 17.2 Å². The third kappa shape index (κ3) is 7.40. The van der Waals surface area contributed by atoms with Crippen molar-refractivity contribution in [3.8, 4) is 0 Å². The number of nitrogens with zero attached hydrogens (tertiary/aromatic N) is 2. The minimum atomic E-state index is -3.82. The summed E-state index contributed by atoms with van der Waals surface area (Å²) >= 11 is 6.07. The number of halogens is 3. The Morgan fingerprint density at radius 2 is 1.78 bits per heavy atom. The first-order valence-electron chi connectivity index (χ1n) is 14.6. The Labute approximate surface area is 266 Å². The number of benzene rings is 3. The molecule has 1 aliphatic rings. The number of rotatable bonds is 10. The molecule has 0 spiro atoms. The summed E-state index contributed by atoms with van der Waals surface area (Å²) in [4.78, 5) is 17.7. The summed E-state index contributed by atoms with van der Waals surface area (Å²) in [6.07, 6.45) is 2.77. The smallest absolute Gasteiger partial charge is 0.243 e. The minimum absolute atomic E-state index is 0.115. The average Bonchev–Trinajstić information content (AvgIpc) is 3.02. The molecule has 0 unspecified atom stereocenters. The fourth-order valence-corrected chi connectivity index (χ4v) is 7.85. The van der Waals surface area contributed by atoms with Crippen LogP contribution in [0.4, 0.5) is 14.5 Å². The topological polar surface area (TPSA) is 117 Å². The van der Waals surface area contributed by atoms with Crippen LogP contribution in [0.3, 0.4) is 0 Å². The van der Waals surface area contributed by atoms with Crippen LogP contribution in [0.5, 0.6) is 0 Å². The van der Waals surface area contributed by atoms with E-state index >= 15 is 4.39 Å². The first-order valence-corrected chi connectivity index (χ1v) is 16.4. The van der Waals surface area contributed by atoms with E-state index in [-0.39, 0.29) is 35.0 Å². The number of carbonyl (C=O) groups is 1. The molecule has 0 aliphatic carbocycles. The molecule has 1 fully saturated rings. The SMILES string of the molecule is C[C@H]1CNC[C@H](CCc2c(F)cncc2NC(=O)[C@@H](N)[C@@H](c2ccc(Cl)cc2)c2cccc(F)c2)N1S(=O)(=O)c1ccccc1. The fraction of sp³-hybridized carbons (Fsp3) is 0.273. The summed E-state index contributed by atoms with van der Waals surface area (Å²) in [5.74, 6) is -2.50. The molecule has 4 N–H and O–H groups in total. The Bertz CT molecular complexity index is 1750. The molecule has 5 rings (SSSR count). The quantitative estimate of drug-likeness (QED) is 0.219. The second kappa shape index (κ2) is 14.1. The number of aromatic nitrogens is 1. The van der Waals surface area contributed by atoms with E-state index in [0.717, 1.165) is 6.20 Å². The number of nitrogens with two attached hydrogens (primary N) is 1. The van der Waals surface area contributed by atoms with Crippen LogP contribution in [0.15, 0.2) is 96.2 Å². The van der Waals surface area contributed by atoms with Crippen molar-refractivity contribution in [2.24, 2.45) is 5.73 Å². The zero-order valence-electron chi connectivity index (χ0n) is 24.5. The minimum Gasteiger partial charge on any atom is -0.323 e. The van der Waals surface area contributed by atoms with Gasteiger partial charge in [0.1, 0.15) is 11.6 Å². The van der Waals surface area contributed by atoms with Gasteiger partial charge in [-0.05, 0) is 67.3 Å². The van der Waals surface area contributed by atoms with Crippen molar-refractivity contribution in [3.63, 3.8) is 0 Å². The molecule has 2 heterocycles. The molecule has 4 atom stereocenters. The lowest BCUT2D eigenvalue weighted by Crippen LogP contribution is -2.58. The lowest BCUT2D eigenvalue weighted by atomic mass is 9.85. The maximum Gasteiger partial charge on any atom is 0.243 e. The molecule has 45 heavy (non-hydrogen) atoms. The number of anilines is 1. The first kappa shape index (κ1) is 32.6. The van der Waals surface area contributed by atoms with Crippen LogP contribution in [0.2, 0.25) is 5.02 Å². The Kier molecular flexibility index (Phi) is 10.3. The van der Waals surface area contributed by atoms with Gasteiger partial charge in [0.2, 0.25) is 15.9 Å². The van der Waals surface area contributed by atoms with Gasteiger partial charge < -0.3 is 16.4 Å². The molecule has 1 amide bonds. The van der Waals surface area contributed by atoms with Gasteiger partial charge in [-0.3, -0.25) is 9.78 Å². The van der Waals surface area contributed by atoms with Gasteiger partial charge in [0, 0.05) is 41.7 Å². The van der Waals surface area contributed by atoms with E-state index in [1.165, 1.54) is 28.7 Å². The van der Waals surface area contributed by atoms with Crippen molar-refractivity contribution in [1.82, 2.24) is 14.6 Å². The van der Waals surface area contributed by atoms with Gasteiger partial charge in [0.15, 0.2) is 0 Å². The van der Waals surface area contributed by atoms with Crippen LogP contribution >= 0.6 is 11.6 Å². The first-order chi connectivity index (χ1) is 21.6. The molecule has 12 heteroatoms. The maximum atomic E-state index is 15.3. The number of hydrogen-bond acceptors (Lipinski definition) is 6. The van der Waals surface area contributed by atoms with Gasteiger partial charge in [0.25, 0.3) is 0 Å². The van der Waals surface area contributed by atoms with Crippen molar-refractivity contribution in [3.05, 3.63) is 125 Å². The summed E-state index contributed by atoms with van der Waals surface area (Å²) in [6.45, 7) is 2.69. The largest absolute Gasteiger partial charge is 0.323 e. The van der Waals surface area contributed by atoms with E-state index in [9.17, 15) is 17.6 Å². The van der Waals surface area contributed by atoms with E-state index in [2.05, 4.69) is 15.6 Å². The predicted octanol–water partition coefficient (Wildman–Crippen LogP) is 5.09. The predicted molar refractivity (Wildman–Crippen MR) is 170 cm³/mol. The highest BCUT2D eigenvalue weighted by Gasteiger charge is 2.38. The third-order valence-corrected chi connectivity index (χ3v) is 10.4. The van der Waals surface area contributed by atoms with E-state index < -0.39 is 45.6 Å². The number of carbonyl (C=O) groups excluding carboxylic acids is 1. The lowest BCUT2D eigenvalue weighted by Gasteiger charge is -2.40. The summed E-state index contributed by atoms with van der Waals surface area (Å²) in [5.41, 5.74) is 7.94. The van der Waals surface area contributed by atoms with E-state index in [1.54, 1.807) is 60.7 Å². The second-order valence-electron chi connectivity index (χ2n) is 11.1. The van der Waals surface area contributed by atoms with E-state index in [0.29, 0.717) is 29.2 Å². The van der Waals surface area contributed by atoms with Crippen LogP contribution in [-0.2, 0) is 21.2 Å². The van der Waals surface area contributed by atoms with Crippen LogP contribution in [0, 0.1) is 11.6 Å². The van der Waals surface area contributed by atoms with Crippen molar-refractivity contribution < 1.29 is 22.0 Å². The third-order valence-electron chi connectivity index (χ3n) is 8.02. The van der Waals surface area contributed by atoms with Gasteiger partial charge >= 0.3 is 0 Å². The van der Waals surface area contributed by atoms with Crippen LogP contribution in [-0.4, -0.2) is 54.8 Å². The second-order valence-corrected chi connectivity index (χ2v) is 13.4.